The third-order valence-corrected chi connectivity index (χ3v) is 3.17. The molecule has 0 fully saturated rings. The van der Waals surface area contributed by atoms with E-state index in [2.05, 4.69) is 11.4 Å². The molecule has 0 aliphatic heterocycles. The molecule has 20 heavy (non-hydrogen) atoms. The van der Waals surface area contributed by atoms with Gasteiger partial charge in [-0.2, -0.15) is 5.26 Å². The van der Waals surface area contributed by atoms with Gasteiger partial charge in [0, 0.05) is 12.1 Å². The Morgan fingerprint density at radius 2 is 1.90 bits per heavy atom. The molecule has 0 amide bonds. The Morgan fingerprint density at radius 3 is 2.50 bits per heavy atom. The third-order valence-electron chi connectivity index (χ3n) is 3.17. The van der Waals surface area contributed by atoms with Gasteiger partial charge in [0.25, 0.3) is 0 Å². The largest absolute Gasteiger partial charge is 0.367 e. The van der Waals surface area contributed by atoms with Crippen molar-refractivity contribution in [3.63, 3.8) is 0 Å². The van der Waals surface area contributed by atoms with Gasteiger partial charge in [0.05, 0.1) is 6.07 Å². The number of benzene rings is 2. The summed E-state index contributed by atoms with van der Waals surface area (Å²) in [4.78, 5) is 0. The van der Waals surface area contributed by atoms with Gasteiger partial charge >= 0.3 is 0 Å². The standard InChI is InChI=1S/C17H17FN2/c1-13-6-8-16(9-7-13)20-17(2,12-19)11-14-4-3-5-15(18)10-14/h3-10,20H,11H2,1-2H3. The van der Waals surface area contributed by atoms with Gasteiger partial charge in [-0.15, -0.1) is 0 Å². The van der Waals surface area contributed by atoms with Crippen LogP contribution in [-0.2, 0) is 6.42 Å². The molecule has 102 valence electrons. The normalized spacial score (nSPS) is 13.3. The fourth-order valence-electron chi connectivity index (χ4n) is 2.12. The molecule has 2 nitrogen and oxygen atoms in total. The van der Waals surface area contributed by atoms with Crippen molar-refractivity contribution in [2.75, 3.05) is 5.32 Å². The van der Waals surface area contributed by atoms with Gasteiger partial charge in [0.15, 0.2) is 0 Å². The predicted molar refractivity (Wildman–Crippen MR) is 78.9 cm³/mol. The minimum atomic E-state index is -0.775. The molecule has 3 heteroatoms. The van der Waals surface area contributed by atoms with Crippen LogP contribution in [-0.4, -0.2) is 5.54 Å². The molecule has 1 N–H and O–H groups in total. The molecule has 2 aromatic rings. The summed E-state index contributed by atoms with van der Waals surface area (Å²) in [6, 6.07) is 16.5. The van der Waals surface area contributed by atoms with Crippen LogP contribution in [0.25, 0.3) is 0 Å². The van der Waals surface area contributed by atoms with Crippen molar-refractivity contribution < 1.29 is 4.39 Å². The van der Waals surface area contributed by atoms with Crippen molar-refractivity contribution in [1.82, 2.24) is 0 Å². The quantitative estimate of drug-likeness (QED) is 0.907. The van der Waals surface area contributed by atoms with Gasteiger partial charge in [-0.05, 0) is 43.7 Å². The molecule has 2 rings (SSSR count). The van der Waals surface area contributed by atoms with Crippen molar-refractivity contribution in [3.05, 3.63) is 65.5 Å². The minimum Gasteiger partial charge on any atom is -0.367 e. The highest BCUT2D eigenvalue weighted by Crippen LogP contribution is 2.20. The van der Waals surface area contributed by atoms with Gasteiger partial charge in [0.2, 0.25) is 0 Å². The molecule has 2 aromatic carbocycles. The van der Waals surface area contributed by atoms with Gasteiger partial charge in [-0.25, -0.2) is 4.39 Å². The van der Waals surface area contributed by atoms with Crippen LogP contribution in [0.15, 0.2) is 48.5 Å². The lowest BCUT2D eigenvalue weighted by molar-refractivity contribution is 0.613. The lowest BCUT2D eigenvalue weighted by Gasteiger charge is -2.24. The van der Waals surface area contributed by atoms with E-state index >= 15 is 0 Å². The van der Waals surface area contributed by atoms with Crippen LogP contribution >= 0.6 is 0 Å². The number of halogens is 1. The highest BCUT2D eigenvalue weighted by Gasteiger charge is 2.24. The van der Waals surface area contributed by atoms with Crippen LogP contribution in [0.4, 0.5) is 10.1 Å². The summed E-state index contributed by atoms with van der Waals surface area (Å²) in [6.07, 6.45) is 0.440. The minimum absolute atomic E-state index is 0.280. The van der Waals surface area contributed by atoms with Crippen LogP contribution < -0.4 is 5.32 Å². The highest BCUT2D eigenvalue weighted by atomic mass is 19.1. The van der Waals surface area contributed by atoms with Crippen molar-refractivity contribution in [2.24, 2.45) is 0 Å². The Labute approximate surface area is 118 Å². The third kappa shape index (κ3) is 3.58. The first-order valence-corrected chi connectivity index (χ1v) is 6.51. The average molecular weight is 268 g/mol. The first-order valence-electron chi connectivity index (χ1n) is 6.51. The number of anilines is 1. The first-order chi connectivity index (χ1) is 9.50. The summed E-state index contributed by atoms with van der Waals surface area (Å²) in [7, 11) is 0. The molecule has 0 aliphatic rings. The van der Waals surface area contributed by atoms with Crippen LogP contribution in [0, 0.1) is 24.1 Å². The number of nitrogens with zero attached hydrogens (tertiary/aromatic N) is 1. The molecule has 1 unspecified atom stereocenters. The van der Waals surface area contributed by atoms with E-state index in [1.807, 2.05) is 44.2 Å². The number of aryl methyl sites for hydroxylation is 1. The molecular weight excluding hydrogens is 251 g/mol. The summed E-state index contributed by atoms with van der Waals surface area (Å²) in [6.45, 7) is 3.83. The first kappa shape index (κ1) is 14.1. The summed E-state index contributed by atoms with van der Waals surface area (Å²) in [5.74, 6) is -0.280. The van der Waals surface area contributed by atoms with Crippen LogP contribution in [0.2, 0.25) is 0 Å². The molecule has 0 aliphatic carbocycles. The second-order valence-electron chi connectivity index (χ2n) is 5.24. The van der Waals surface area contributed by atoms with E-state index < -0.39 is 5.54 Å². The molecule has 0 saturated heterocycles. The van der Waals surface area contributed by atoms with E-state index in [1.54, 1.807) is 6.07 Å². The number of nitrogens with one attached hydrogen (secondary N) is 1. The fourth-order valence-corrected chi connectivity index (χ4v) is 2.12. The monoisotopic (exact) mass is 268 g/mol. The Bertz CT molecular complexity index is 628. The molecule has 0 saturated carbocycles. The van der Waals surface area contributed by atoms with Crippen LogP contribution in [0.5, 0.6) is 0 Å². The van der Waals surface area contributed by atoms with E-state index in [9.17, 15) is 9.65 Å². The van der Waals surface area contributed by atoms with Gasteiger partial charge in [0.1, 0.15) is 11.4 Å². The van der Waals surface area contributed by atoms with Crippen LogP contribution in [0.3, 0.4) is 0 Å². The second kappa shape index (κ2) is 5.75. The zero-order valence-electron chi connectivity index (χ0n) is 11.7. The Balaban J connectivity index is 2.17. The smallest absolute Gasteiger partial charge is 0.126 e. The molecule has 0 aromatic heterocycles. The lowest BCUT2D eigenvalue weighted by atomic mass is 9.94. The van der Waals surface area contributed by atoms with Gasteiger partial charge in [-0.3, -0.25) is 0 Å². The molecule has 0 bridgehead atoms. The maximum Gasteiger partial charge on any atom is 0.126 e. The highest BCUT2D eigenvalue weighted by molar-refractivity contribution is 5.49. The average Bonchev–Trinajstić information content (AvgIpc) is 2.41. The molecule has 0 heterocycles. The van der Waals surface area contributed by atoms with E-state index in [0.29, 0.717) is 6.42 Å². The maximum atomic E-state index is 13.2. The fraction of sp³-hybridized carbons (Fsp3) is 0.235. The van der Waals surface area contributed by atoms with Crippen molar-refractivity contribution in [1.29, 1.82) is 5.26 Å². The summed E-state index contributed by atoms with van der Waals surface area (Å²) < 4.78 is 13.2. The lowest BCUT2D eigenvalue weighted by Crippen LogP contribution is -2.35. The molecule has 0 radical (unpaired) electrons. The summed E-state index contributed by atoms with van der Waals surface area (Å²) in [5.41, 5.74) is 2.08. The van der Waals surface area contributed by atoms with E-state index in [0.717, 1.165) is 11.3 Å². The zero-order chi connectivity index (χ0) is 14.6. The number of hydrogen-bond acceptors (Lipinski definition) is 2. The van der Waals surface area contributed by atoms with Gasteiger partial charge < -0.3 is 5.32 Å². The van der Waals surface area contributed by atoms with E-state index in [-0.39, 0.29) is 5.82 Å². The maximum absolute atomic E-state index is 13.2. The van der Waals surface area contributed by atoms with Crippen molar-refractivity contribution >= 4 is 5.69 Å². The van der Waals surface area contributed by atoms with E-state index in [1.165, 1.54) is 17.7 Å². The number of nitriles is 1. The predicted octanol–water partition coefficient (Wildman–Crippen LogP) is 4.07. The van der Waals surface area contributed by atoms with Crippen LogP contribution in [0.1, 0.15) is 18.1 Å². The van der Waals surface area contributed by atoms with Crippen molar-refractivity contribution in [2.45, 2.75) is 25.8 Å². The summed E-state index contributed by atoms with van der Waals surface area (Å²) in [5, 5.41) is 12.6. The molecular formula is C17H17FN2. The zero-order valence-corrected chi connectivity index (χ0v) is 11.7. The molecule has 0 spiro atoms. The number of hydrogen-bond donors (Lipinski definition) is 1. The van der Waals surface area contributed by atoms with Crippen molar-refractivity contribution in [3.8, 4) is 6.07 Å². The second-order valence-corrected chi connectivity index (χ2v) is 5.24. The molecule has 1 atom stereocenters. The van der Waals surface area contributed by atoms with E-state index in [4.69, 9.17) is 0 Å². The SMILES string of the molecule is Cc1ccc(NC(C)(C#N)Cc2cccc(F)c2)cc1. The Hall–Kier alpha value is -2.34. The Morgan fingerprint density at radius 1 is 1.20 bits per heavy atom. The van der Waals surface area contributed by atoms with Gasteiger partial charge in [-0.1, -0.05) is 29.8 Å². The topological polar surface area (TPSA) is 35.8 Å². The summed E-state index contributed by atoms with van der Waals surface area (Å²) >= 11 is 0. The Kier molecular flexibility index (Phi) is 4.05. The number of rotatable bonds is 4.